The first-order chi connectivity index (χ1) is 18.6. The van der Waals surface area contributed by atoms with E-state index in [-0.39, 0.29) is 5.69 Å². The molecule has 1 fully saturated rings. The van der Waals surface area contributed by atoms with Gasteiger partial charge in [0.15, 0.2) is 0 Å². The van der Waals surface area contributed by atoms with Crippen LogP contribution in [-0.4, -0.2) is 39.3 Å². The van der Waals surface area contributed by atoms with E-state index in [1.54, 1.807) is 56.6 Å². The predicted molar refractivity (Wildman–Crippen MR) is 133 cm³/mol. The minimum absolute atomic E-state index is 0.0486. The van der Waals surface area contributed by atoms with Crippen molar-refractivity contribution in [2.24, 2.45) is 0 Å². The van der Waals surface area contributed by atoms with Crippen LogP contribution < -0.4 is 16.0 Å². The fourth-order valence-electron chi connectivity index (χ4n) is 4.41. The first-order valence-electron chi connectivity index (χ1n) is 12.3. The highest BCUT2D eigenvalue weighted by atomic mass is 19.4. The van der Waals surface area contributed by atoms with Crippen LogP contribution in [0.3, 0.4) is 0 Å². The van der Waals surface area contributed by atoms with Gasteiger partial charge in [-0.05, 0) is 70.1 Å². The van der Waals surface area contributed by atoms with E-state index in [4.69, 9.17) is 4.42 Å². The maximum Gasteiger partial charge on any atom is 0.452 e. The van der Waals surface area contributed by atoms with E-state index >= 15 is 0 Å². The normalized spacial score (nSPS) is 15.6. The van der Waals surface area contributed by atoms with Crippen molar-refractivity contribution < 1.29 is 26.9 Å². The summed E-state index contributed by atoms with van der Waals surface area (Å²) in [4.78, 5) is 17.1. The van der Waals surface area contributed by atoms with Gasteiger partial charge < -0.3 is 24.9 Å². The zero-order valence-electron chi connectivity index (χ0n) is 21.2. The number of carbonyl (C=O) groups is 1. The number of hydrogen-bond acceptors (Lipinski definition) is 9. The van der Waals surface area contributed by atoms with Crippen LogP contribution in [0.2, 0.25) is 0 Å². The van der Waals surface area contributed by atoms with Gasteiger partial charge in [-0.15, -0.1) is 10.2 Å². The third-order valence-corrected chi connectivity index (χ3v) is 6.58. The van der Waals surface area contributed by atoms with E-state index in [1.807, 2.05) is 6.07 Å². The van der Waals surface area contributed by atoms with Gasteiger partial charge in [-0.2, -0.15) is 13.2 Å². The number of alkyl halides is 3. The quantitative estimate of drug-likeness (QED) is 0.310. The Morgan fingerprint density at radius 1 is 1.05 bits per heavy atom. The fraction of sp³-hybridized carbons (Fsp3) is 0.346. The molecule has 0 radical (unpaired) electrons. The van der Waals surface area contributed by atoms with Crippen molar-refractivity contribution in [3.05, 3.63) is 77.8 Å². The molecule has 204 valence electrons. The molecule has 0 aliphatic carbocycles. The van der Waals surface area contributed by atoms with Gasteiger partial charge in [-0.1, -0.05) is 11.2 Å². The predicted octanol–water partition coefficient (Wildman–Crippen LogP) is 4.49. The Hall–Kier alpha value is -4.26. The van der Waals surface area contributed by atoms with Crippen molar-refractivity contribution in [3.63, 3.8) is 0 Å². The number of rotatable bonds is 7. The summed E-state index contributed by atoms with van der Waals surface area (Å²) in [5.74, 6) is -0.911. The molecule has 10 nitrogen and oxygen atoms in total. The summed E-state index contributed by atoms with van der Waals surface area (Å²) in [6.45, 7) is 4.52. The molecule has 0 unspecified atom stereocenters. The van der Waals surface area contributed by atoms with Crippen LogP contribution in [0, 0.1) is 0 Å². The minimum atomic E-state index is -4.67. The zero-order chi connectivity index (χ0) is 27.7. The van der Waals surface area contributed by atoms with Gasteiger partial charge >= 0.3 is 6.18 Å². The summed E-state index contributed by atoms with van der Waals surface area (Å²) < 4.78 is 49.3. The Labute approximate surface area is 221 Å². The van der Waals surface area contributed by atoms with Crippen molar-refractivity contribution >= 4 is 11.6 Å². The summed E-state index contributed by atoms with van der Waals surface area (Å²) >= 11 is 0. The smallest absolute Gasteiger partial charge is 0.418 e. The monoisotopic (exact) mass is 541 g/mol. The number of nitrogens with one attached hydrogen (secondary N) is 3. The number of carbonyl (C=O) groups excluding carboxylic acids is 1. The number of halogens is 3. The van der Waals surface area contributed by atoms with Gasteiger partial charge in [-0.3, -0.25) is 9.78 Å². The third-order valence-electron chi connectivity index (χ3n) is 6.58. The Morgan fingerprint density at radius 2 is 1.79 bits per heavy atom. The van der Waals surface area contributed by atoms with Gasteiger partial charge in [0.25, 0.3) is 5.91 Å². The summed E-state index contributed by atoms with van der Waals surface area (Å²) in [6, 6.07) is 11.2. The molecule has 4 aromatic rings. The highest BCUT2D eigenvalue weighted by Crippen LogP contribution is 2.36. The highest BCUT2D eigenvalue weighted by Gasteiger charge is 2.40. The van der Waals surface area contributed by atoms with E-state index in [9.17, 15) is 18.0 Å². The molecule has 4 heterocycles. The summed E-state index contributed by atoms with van der Waals surface area (Å²) in [5.41, 5.74) is -0.244. The van der Waals surface area contributed by atoms with Crippen LogP contribution in [0.4, 0.5) is 18.9 Å². The summed E-state index contributed by atoms with van der Waals surface area (Å²) in [5, 5.41) is 21.6. The van der Waals surface area contributed by atoms with E-state index < -0.39 is 28.9 Å². The summed E-state index contributed by atoms with van der Waals surface area (Å²) in [6.07, 6.45) is -0.0709. The van der Waals surface area contributed by atoms with Gasteiger partial charge in [0.2, 0.25) is 17.5 Å². The number of aromatic nitrogens is 4. The molecule has 1 amide bonds. The molecule has 1 aromatic carbocycles. The Balaban J connectivity index is 1.36. The van der Waals surface area contributed by atoms with Gasteiger partial charge in [0, 0.05) is 35.3 Å². The molecule has 0 saturated carbocycles. The van der Waals surface area contributed by atoms with E-state index in [1.165, 1.54) is 0 Å². The van der Waals surface area contributed by atoms with E-state index in [2.05, 4.69) is 40.8 Å². The maximum absolute atomic E-state index is 13.1. The van der Waals surface area contributed by atoms with E-state index in [0.717, 1.165) is 11.6 Å². The fourth-order valence-corrected chi connectivity index (χ4v) is 4.41. The Kier molecular flexibility index (Phi) is 6.85. The van der Waals surface area contributed by atoms with Crippen LogP contribution in [0.15, 0.2) is 63.8 Å². The van der Waals surface area contributed by atoms with Crippen LogP contribution in [0.1, 0.15) is 54.4 Å². The highest BCUT2D eigenvalue weighted by molar-refractivity contribution is 5.95. The average Bonchev–Trinajstić information content (AvgIpc) is 3.61. The van der Waals surface area contributed by atoms with Gasteiger partial charge in [0.1, 0.15) is 11.2 Å². The molecule has 3 N–H and O–H groups in total. The third kappa shape index (κ3) is 5.62. The number of piperidine rings is 1. The van der Waals surface area contributed by atoms with Crippen molar-refractivity contribution in [1.82, 2.24) is 31.0 Å². The average molecular weight is 542 g/mol. The second-order valence-corrected chi connectivity index (χ2v) is 9.84. The molecule has 1 saturated heterocycles. The lowest BCUT2D eigenvalue weighted by Gasteiger charge is -2.36. The zero-order valence-corrected chi connectivity index (χ0v) is 21.2. The Bertz CT molecular complexity index is 1440. The molecular formula is C26H26F3N7O3. The van der Waals surface area contributed by atoms with Crippen LogP contribution in [0.25, 0.3) is 11.5 Å². The second kappa shape index (κ2) is 10.1. The van der Waals surface area contributed by atoms with Crippen molar-refractivity contribution in [1.29, 1.82) is 0 Å². The number of anilines is 1. The number of pyridine rings is 1. The van der Waals surface area contributed by atoms with Gasteiger partial charge in [-0.25, -0.2) is 0 Å². The molecular weight excluding hydrogens is 515 g/mol. The standard InChI is InChI=1S/C26H26F3N7O3/c1-24(2,19-15-20(39-36-19)26(27,28)29)33-21(37)17-4-3-5-18(14-17)32-25(8-12-31-13-9-25)23-35-34-22(38-23)16-6-10-30-11-7-16/h3-7,10-11,14-15,31-32H,8-9,12-13H2,1-2H3,(H,33,37). The SMILES string of the molecule is CC(C)(NC(=O)c1cccc(NC2(c3nnc(-c4ccncc4)o3)CCNCC2)c1)c1cc(C(F)(F)F)on1. The molecule has 3 aromatic heterocycles. The molecule has 39 heavy (non-hydrogen) atoms. The number of amides is 1. The largest absolute Gasteiger partial charge is 0.452 e. The number of benzene rings is 1. The maximum atomic E-state index is 13.1. The van der Waals surface area contributed by atoms with Crippen LogP contribution in [0.5, 0.6) is 0 Å². The number of hydrogen-bond donors (Lipinski definition) is 3. The van der Waals surface area contributed by atoms with Crippen molar-refractivity contribution in [2.75, 3.05) is 18.4 Å². The lowest BCUT2D eigenvalue weighted by molar-refractivity contribution is -0.155. The molecule has 0 atom stereocenters. The Morgan fingerprint density at radius 3 is 2.49 bits per heavy atom. The first kappa shape index (κ1) is 26.4. The van der Waals surface area contributed by atoms with E-state index in [0.29, 0.717) is 49.0 Å². The van der Waals surface area contributed by atoms with Crippen LogP contribution in [-0.2, 0) is 17.3 Å². The topological polar surface area (TPSA) is 131 Å². The van der Waals surface area contributed by atoms with Crippen molar-refractivity contribution in [3.8, 4) is 11.5 Å². The molecule has 13 heteroatoms. The molecule has 0 bridgehead atoms. The van der Waals surface area contributed by atoms with Crippen molar-refractivity contribution in [2.45, 2.75) is 43.9 Å². The lowest BCUT2D eigenvalue weighted by Crippen LogP contribution is -2.45. The molecule has 1 aliphatic rings. The summed E-state index contributed by atoms with van der Waals surface area (Å²) in [7, 11) is 0. The van der Waals surface area contributed by atoms with Crippen LogP contribution >= 0.6 is 0 Å². The molecule has 0 spiro atoms. The molecule has 1 aliphatic heterocycles. The number of nitrogens with zero attached hydrogens (tertiary/aromatic N) is 4. The molecule has 5 rings (SSSR count). The second-order valence-electron chi connectivity index (χ2n) is 9.84. The lowest BCUT2D eigenvalue weighted by atomic mass is 9.87. The minimum Gasteiger partial charge on any atom is -0.418 e. The van der Waals surface area contributed by atoms with Gasteiger partial charge in [0.05, 0.1) is 5.54 Å². The first-order valence-corrected chi connectivity index (χ1v) is 12.3.